The van der Waals surface area contributed by atoms with Gasteiger partial charge < -0.3 is 36.5 Å². The van der Waals surface area contributed by atoms with E-state index in [0.29, 0.717) is 0 Å². The molecule has 0 bridgehead atoms. The van der Waals surface area contributed by atoms with Crippen molar-refractivity contribution in [1.29, 1.82) is 0 Å². The molecule has 9 N–H and O–H groups in total. The molecule has 0 rings (SSSR count). The van der Waals surface area contributed by atoms with Crippen LogP contribution in [0.5, 0.6) is 0 Å². The molecule has 0 aliphatic rings. The van der Waals surface area contributed by atoms with Crippen LogP contribution < -0.4 is 0 Å². The summed E-state index contributed by atoms with van der Waals surface area (Å²) in [5.41, 5.74) is 0. The zero-order valence-corrected chi connectivity index (χ0v) is 8.36. The van der Waals surface area contributed by atoms with Gasteiger partial charge in [-0.3, -0.25) is 0 Å². The van der Waals surface area contributed by atoms with Gasteiger partial charge in [0.2, 0.25) is 0 Å². The van der Waals surface area contributed by atoms with Crippen molar-refractivity contribution in [2.75, 3.05) is 13.2 Å². The van der Waals surface area contributed by atoms with Crippen LogP contribution in [-0.2, 0) is 30.8 Å². The van der Waals surface area contributed by atoms with E-state index < -0.39 is 31.3 Å². The second-order valence-corrected chi connectivity index (χ2v) is 1.74. The average molecular weight is 277 g/mol. The van der Waals surface area contributed by atoms with Crippen molar-refractivity contribution in [2.24, 2.45) is 0 Å². The molecule has 9 nitrogen and oxygen atoms in total. The topological polar surface area (TPSA) is 199 Å². The van der Waals surface area contributed by atoms with Gasteiger partial charge in [0.15, 0.2) is 0 Å². The maximum atomic E-state index is 10.1. The van der Waals surface area contributed by atoms with Crippen molar-refractivity contribution in [3.63, 3.8) is 0 Å². The predicted octanol–water partition coefficient (Wildman–Crippen LogP) is -4.51. The first-order chi connectivity index (χ1) is 5.07. The summed E-state index contributed by atoms with van der Waals surface area (Å²) in [4.78, 5) is 19.9. The van der Waals surface area contributed by atoms with Gasteiger partial charge in [-0.15, -0.1) is 0 Å². The smallest absolute Gasteiger partial charge is 0.417 e. The normalized spacial score (nSPS) is 8.93. The van der Waals surface area contributed by atoms with E-state index in [9.17, 15) is 9.59 Å². The first-order valence-corrected chi connectivity index (χ1v) is 2.77. The molecule has 10 heteroatoms. The minimum atomic E-state index is -1.73. The Morgan fingerprint density at radius 1 is 1.20 bits per heavy atom. The molecule has 0 aromatic rings. The van der Waals surface area contributed by atoms with E-state index in [1.165, 1.54) is 0 Å². The molecule has 0 saturated carbocycles. The van der Waals surface area contributed by atoms with Crippen LogP contribution in [-0.4, -0.2) is 63.0 Å². The van der Waals surface area contributed by atoms with E-state index in [1.807, 2.05) is 0 Å². The standard InChI is InChI=1S/C5H8O6.Ni.3H2O/c6-1-3(7)2-11-5(10)4(8)9;;;;/h3,6-7H,1-2H2,(H,8,9);;3*1H2. The predicted molar refractivity (Wildman–Crippen MR) is 42.5 cm³/mol. The molecule has 0 saturated heterocycles. The summed E-state index contributed by atoms with van der Waals surface area (Å²) in [5.74, 6) is -3.17. The van der Waals surface area contributed by atoms with Crippen LogP contribution in [0.3, 0.4) is 0 Å². The maximum Gasteiger partial charge on any atom is 0.417 e. The molecule has 98 valence electrons. The van der Waals surface area contributed by atoms with Crippen molar-refractivity contribution in [2.45, 2.75) is 6.10 Å². The summed E-state index contributed by atoms with van der Waals surface area (Å²) in [6.45, 7) is -1.09. The zero-order chi connectivity index (χ0) is 8.85. The summed E-state index contributed by atoms with van der Waals surface area (Å²) in [6, 6.07) is 0. The Morgan fingerprint density at radius 2 is 1.60 bits per heavy atom. The minimum Gasteiger partial charge on any atom is -0.473 e. The summed E-state index contributed by atoms with van der Waals surface area (Å²) >= 11 is 0. The number of aliphatic hydroxyl groups is 2. The van der Waals surface area contributed by atoms with Gasteiger partial charge in [0.1, 0.15) is 12.7 Å². The molecule has 1 unspecified atom stereocenters. The van der Waals surface area contributed by atoms with E-state index >= 15 is 0 Å². The van der Waals surface area contributed by atoms with Crippen LogP contribution in [0.15, 0.2) is 0 Å². The fraction of sp³-hybridized carbons (Fsp3) is 0.600. The number of rotatable bonds is 3. The van der Waals surface area contributed by atoms with Gasteiger partial charge in [-0.05, 0) is 0 Å². The van der Waals surface area contributed by atoms with E-state index in [4.69, 9.17) is 15.3 Å². The number of esters is 1. The van der Waals surface area contributed by atoms with Gasteiger partial charge in [0.25, 0.3) is 0 Å². The molecule has 0 amide bonds. The summed E-state index contributed by atoms with van der Waals surface area (Å²) in [5, 5.41) is 24.7. The fourth-order valence-electron chi connectivity index (χ4n) is 0.286. The number of hydrogen-bond acceptors (Lipinski definition) is 5. The molecule has 0 aromatic heterocycles. The molecule has 0 aliphatic heterocycles. The van der Waals surface area contributed by atoms with E-state index in [1.54, 1.807) is 0 Å². The second kappa shape index (κ2) is 15.7. The number of carboxylic acid groups (broad SMARTS) is 1. The van der Waals surface area contributed by atoms with Crippen molar-refractivity contribution in [3.8, 4) is 0 Å². The Hall–Kier alpha value is -0.766. The Balaban J connectivity index is -0.0000000833. The van der Waals surface area contributed by atoms with Gasteiger partial charge in [0.05, 0.1) is 6.61 Å². The van der Waals surface area contributed by atoms with Crippen LogP contribution in [0.1, 0.15) is 0 Å². The van der Waals surface area contributed by atoms with Crippen LogP contribution >= 0.6 is 0 Å². The van der Waals surface area contributed by atoms with Crippen molar-refractivity contribution in [3.05, 3.63) is 0 Å². The fourth-order valence-corrected chi connectivity index (χ4v) is 0.286. The minimum absolute atomic E-state index is 0. The van der Waals surface area contributed by atoms with Gasteiger partial charge in [0, 0.05) is 16.5 Å². The monoisotopic (exact) mass is 276 g/mol. The summed E-state index contributed by atoms with van der Waals surface area (Å²) in [7, 11) is 0. The van der Waals surface area contributed by atoms with E-state index in [0.717, 1.165) is 0 Å². The number of hydrogen-bond donors (Lipinski definition) is 3. The third-order valence-corrected chi connectivity index (χ3v) is 0.792. The molecule has 0 aromatic carbocycles. The molecular formula is C5H14NiO9. The van der Waals surface area contributed by atoms with E-state index in [2.05, 4.69) is 4.74 Å². The Labute approximate surface area is 94.5 Å². The number of carbonyl (C=O) groups excluding carboxylic acids is 1. The molecule has 0 radical (unpaired) electrons. The molecule has 15 heavy (non-hydrogen) atoms. The zero-order valence-electron chi connectivity index (χ0n) is 7.37. The number of carbonyl (C=O) groups is 2. The number of ether oxygens (including phenoxy) is 1. The van der Waals surface area contributed by atoms with Gasteiger partial charge >= 0.3 is 11.9 Å². The van der Waals surface area contributed by atoms with E-state index in [-0.39, 0.29) is 32.9 Å². The average Bonchev–Trinajstić information content (AvgIpc) is 1.99. The molecule has 1 atom stereocenters. The largest absolute Gasteiger partial charge is 0.473 e. The third kappa shape index (κ3) is 15.9. The molecular weight excluding hydrogens is 263 g/mol. The number of aliphatic hydroxyl groups excluding tert-OH is 2. The van der Waals surface area contributed by atoms with Crippen molar-refractivity contribution >= 4 is 11.9 Å². The Bertz CT molecular complexity index is 161. The Kier molecular flexibility index (Phi) is 30.6. The van der Waals surface area contributed by atoms with Crippen LogP contribution in [0.25, 0.3) is 0 Å². The van der Waals surface area contributed by atoms with Crippen molar-refractivity contribution < 1.29 is 62.6 Å². The Morgan fingerprint density at radius 3 is 1.87 bits per heavy atom. The molecule has 0 aliphatic carbocycles. The second-order valence-electron chi connectivity index (χ2n) is 1.74. The summed E-state index contributed by atoms with van der Waals surface area (Å²) in [6.07, 6.45) is -1.22. The number of carboxylic acids is 1. The SMILES string of the molecule is O.O.O.O=C(O)C(=O)OCC(O)CO.[Ni]. The molecule has 0 fully saturated rings. The van der Waals surface area contributed by atoms with Crippen LogP contribution in [0.2, 0.25) is 0 Å². The van der Waals surface area contributed by atoms with Crippen molar-refractivity contribution in [1.82, 2.24) is 0 Å². The van der Waals surface area contributed by atoms with Crippen LogP contribution in [0.4, 0.5) is 0 Å². The maximum absolute atomic E-state index is 10.1. The molecule has 0 heterocycles. The first-order valence-electron chi connectivity index (χ1n) is 2.77. The quantitative estimate of drug-likeness (QED) is 0.263. The number of aliphatic carboxylic acids is 1. The van der Waals surface area contributed by atoms with Crippen LogP contribution in [0, 0.1) is 0 Å². The van der Waals surface area contributed by atoms with Gasteiger partial charge in [-0.2, -0.15) is 0 Å². The third-order valence-electron chi connectivity index (χ3n) is 0.792. The molecule has 0 spiro atoms. The van der Waals surface area contributed by atoms with Gasteiger partial charge in [-0.1, -0.05) is 0 Å². The van der Waals surface area contributed by atoms with Gasteiger partial charge in [-0.25, -0.2) is 9.59 Å². The first kappa shape index (κ1) is 29.2. The summed E-state index contributed by atoms with van der Waals surface area (Å²) < 4.78 is 4.01.